The van der Waals surface area contributed by atoms with Gasteiger partial charge in [-0.25, -0.2) is 4.79 Å². The van der Waals surface area contributed by atoms with E-state index in [0.717, 1.165) is 4.90 Å². The molecule has 0 saturated carbocycles. The van der Waals surface area contributed by atoms with Gasteiger partial charge in [-0.2, -0.15) is 0 Å². The van der Waals surface area contributed by atoms with Crippen molar-refractivity contribution in [2.75, 3.05) is 18.4 Å². The summed E-state index contributed by atoms with van der Waals surface area (Å²) in [5, 5.41) is 30.9. The largest absolute Gasteiger partial charge is 0.514 e. The number of nitrogens with zero attached hydrogens (tertiary/aromatic N) is 2. The van der Waals surface area contributed by atoms with Gasteiger partial charge < -0.3 is 30.5 Å². The van der Waals surface area contributed by atoms with Crippen LogP contribution in [-0.2, 0) is 35.3 Å². The van der Waals surface area contributed by atoms with E-state index in [1.807, 2.05) is 0 Å². The minimum absolute atomic E-state index is 0.0650. The van der Waals surface area contributed by atoms with Crippen LogP contribution in [0.3, 0.4) is 0 Å². The van der Waals surface area contributed by atoms with Crippen molar-refractivity contribution in [3.63, 3.8) is 0 Å². The van der Waals surface area contributed by atoms with E-state index >= 15 is 0 Å². The van der Waals surface area contributed by atoms with Gasteiger partial charge in [0.25, 0.3) is 17.5 Å². The van der Waals surface area contributed by atoms with E-state index in [4.69, 9.17) is 15.2 Å². The van der Waals surface area contributed by atoms with Crippen LogP contribution in [-0.4, -0.2) is 82.1 Å². The number of anilines is 1. The number of non-ortho nitro benzene ring substituents is 1. The number of nitrogens with two attached hydrogens (primary N) is 1. The number of ether oxygens (including phenoxy) is 2. The maximum Gasteiger partial charge on any atom is 0.514 e. The first-order valence-electron chi connectivity index (χ1n) is 17.0. The third-order valence-electron chi connectivity index (χ3n) is 7.93. The maximum absolute atomic E-state index is 13.4. The molecule has 0 radical (unpaired) electrons. The molecule has 1 aliphatic heterocycles. The fraction of sp³-hybridized carbons (Fsp3) is 0.429. The fourth-order valence-electron chi connectivity index (χ4n) is 5.07. The standard InChI is InChI=1S/C35H45N7O11/c1-22(2)31(40-28(43)8-4-3-5-20-41-29(44)17-18-30(41)45)33(47)39-27(7-6-19-37-34(36)48)32(46)38-24-11-9-23(10-12-24)21-52-35(49)53-26-15-13-25(14-16-26)42(50)51/h9-18,22,27,31,34,37,48H,3-8,19-21,36H2,1-2H3,(H,38,46)(H,39,47)(H,40,43)/t27-,31-,34?/m0/s1. The Balaban J connectivity index is 1.52. The van der Waals surface area contributed by atoms with Crippen LogP contribution in [0.4, 0.5) is 16.2 Å². The second kappa shape index (κ2) is 21.0. The van der Waals surface area contributed by atoms with Gasteiger partial charge in [0.15, 0.2) is 6.35 Å². The summed E-state index contributed by atoms with van der Waals surface area (Å²) in [6.07, 6.45) is 2.38. The number of aliphatic hydroxyl groups excluding tert-OH is 1. The normalized spacial score (nSPS) is 14.0. The number of amides is 5. The molecule has 18 heteroatoms. The Morgan fingerprint density at radius 1 is 0.906 bits per heavy atom. The Hall–Kier alpha value is -5.72. The maximum atomic E-state index is 13.4. The van der Waals surface area contributed by atoms with E-state index in [1.165, 1.54) is 36.4 Å². The molecule has 0 bridgehead atoms. The zero-order valence-corrected chi connectivity index (χ0v) is 29.4. The van der Waals surface area contributed by atoms with E-state index in [0.29, 0.717) is 36.9 Å². The monoisotopic (exact) mass is 739 g/mol. The molecule has 5 amide bonds. The van der Waals surface area contributed by atoms with Crippen LogP contribution in [0.25, 0.3) is 0 Å². The molecule has 0 aromatic heterocycles. The molecule has 53 heavy (non-hydrogen) atoms. The minimum Gasteiger partial charge on any atom is -0.429 e. The van der Waals surface area contributed by atoms with Crippen LogP contribution in [0.1, 0.15) is 57.9 Å². The molecule has 0 aliphatic carbocycles. The highest BCUT2D eigenvalue weighted by molar-refractivity contribution is 6.12. The van der Waals surface area contributed by atoms with Crippen LogP contribution >= 0.6 is 0 Å². The molecule has 3 atom stereocenters. The number of benzene rings is 2. The molecule has 7 N–H and O–H groups in total. The molecule has 0 fully saturated rings. The molecule has 1 heterocycles. The summed E-state index contributed by atoms with van der Waals surface area (Å²) in [7, 11) is 0. The van der Waals surface area contributed by atoms with Gasteiger partial charge in [0.05, 0.1) is 4.92 Å². The topological polar surface area (TPSA) is 262 Å². The molecule has 0 saturated heterocycles. The summed E-state index contributed by atoms with van der Waals surface area (Å²) in [6.45, 7) is 3.85. The average Bonchev–Trinajstić information content (AvgIpc) is 3.43. The quantitative estimate of drug-likeness (QED) is 0.0204. The van der Waals surface area contributed by atoms with Crippen molar-refractivity contribution in [3.05, 3.63) is 76.4 Å². The van der Waals surface area contributed by atoms with Gasteiger partial charge in [0.2, 0.25) is 17.7 Å². The predicted octanol–water partition coefficient (Wildman–Crippen LogP) is 1.96. The Kier molecular flexibility index (Phi) is 16.5. The Morgan fingerprint density at radius 2 is 1.57 bits per heavy atom. The summed E-state index contributed by atoms with van der Waals surface area (Å²) >= 11 is 0. The first-order valence-corrected chi connectivity index (χ1v) is 17.0. The molecule has 1 unspecified atom stereocenters. The lowest BCUT2D eigenvalue weighted by Crippen LogP contribution is -2.54. The number of rotatable bonds is 21. The predicted molar refractivity (Wildman–Crippen MR) is 189 cm³/mol. The zero-order chi connectivity index (χ0) is 38.9. The van der Waals surface area contributed by atoms with Crippen molar-refractivity contribution in [1.82, 2.24) is 20.9 Å². The van der Waals surface area contributed by atoms with Crippen molar-refractivity contribution in [2.45, 2.75) is 77.4 Å². The van der Waals surface area contributed by atoms with Gasteiger partial charge in [-0.3, -0.25) is 50.0 Å². The summed E-state index contributed by atoms with van der Waals surface area (Å²) in [4.78, 5) is 86.3. The van der Waals surface area contributed by atoms with Crippen molar-refractivity contribution in [3.8, 4) is 5.75 Å². The van der Waals surface area contributed by atoms with Gasteiger partial charge in [-0.1, -0.05) is 32.4 Å². The number of nitro groups is 1. The van der Waals surface area contributed by atoms with Gasteiger partial charge in [0, 0.05) is 42.9 Å². The molecule has 2 aromatic rings. The highest BCUT2D eigenvalue weighted by Crippen LogP contribution is 2.18. The molecule has 286 valence electrons. The fourth-order valence-corrected chi connectivity index (χ4v) is 5.07. The van der Waals surface area contributed by atoms with Crippen molar-refractivity contribution in [2.24, 2.45) is 11.7 Å². The second-order valence-corrected chi connectivity index (χ2v) is 12.4. The first kappa shape index (κ1) is 41.7. The lowest BCUT2D eigenvalue weighted by atomic mass is 10.0. The van der Waals surface area contributed by atoms with E-state index in [-0.39, 0.29) is 67.6 Å². The van der Waals surface area contributed by atoms with Gasteiger partial charge in [0.1, 0.15) is 24.4 Å². The smallest absolute Gasteiger partial charge is 0.429 e. The number of carbonyl (C=O) groups is 6. The van der Waals surface area contributed by atoms with Gasteiger partial charge in [-0.15, -0.1) is 0 Å². The molecule has 18 nitrogen and oxygen atoms in total. The molecule has 0 spiro atoms. The van der Waals surface area contributed by atoms with Crippen LogP contribution in [0.5, 0.6) is 5.75 Å². The number of aliphatic hydroxyl groups is 1. The molecular formula is C35H45N7O11. The van der Waals surface area contributed by atoms with E-state index < -0.39 is 41.3 Å². The summed E-state index contributed by atoms with van der Waals surface area (Å²) < 4.78 is 10.1. The number of nitro benzene ring substituents is 1. The summed E-state index contributed by atoms with van der Waals surface area (Å²) in [6, 6.07) is 9.26. The third kappa shape index (κ3) is 14.4. The molecule has 3 rings (SSSR count). The van der Waals surface area contributed by atoms with Crippen molar-refractivity contribution < 1.29 is 48.3 Å². The average molecular weight is 740 g/mol. The van der Waals surface area contributed by atoms with Gasteiger partial charge in [-0.05, 0) is 68.0 Å². The number of hydrogen-bond donors (Lipinski definition) is 6. The van der Waals surface area contributed by atoms with E-state index in [1.54, 1.807) is 38.1 Å². The van der Waals surface area contributed by atoms with E-state index in [9.17, 15) is 44.0 Å². The van der Waals surface area contributed by atoms with Crippen molar-refractivity contribution >= 4 is 47.1 Å². The minimum atomic E-state index is -1.26. The second-order valence-electron chi connectivity index (χ2n) is 12.4. The summed E-state index contributed by atoms with van der Waals surface area (Å²) in [5.74, 6) is -2.44. The Morgan fingerprint density at radius 3 is 2.17 bits per heavy atom. The molecule has 1 aliphatic rings. The number of unbranched alkanes of at least 4 members (excludes halogenated alkanes) is 2. The first-order chi connectivity index (χ1) is 25.2. The highest BCUT2D eigenvalue weighted by atomic mass is 16.7. The third-order valence-corrected chi connectivity index (χ3v) is 7.93. The molecule has 2 aromatic carbocycles. The Labute approximate surface area is 305 Å². The van der Waals surface area contributed by atoms with Crippen LogP contribution in [0.15, 0.2) is 60.7 Å². The van der Waals surface area contributed by atoms with Crippen LogP contribution in [0.2, 0.25) is 0 Å². The number of hydrogen-bond acceptors (Lipinski definition) is 13. The highest BCUT2D eigenvalue weighted by Gasteiger charge is 2.29. The van der Waals surface area contributed by atoms with Crippen LogP contribution in [0, 0.1) is 16.0 Å². The number of nitrogens with one attached hydrogen (secondary N) is 4. The van der Waals surface area contributed by atoms with Crippen LogP contribution < -0.4 is 31.7 Å². The lowest BCUT2D eigenvalue weighted by Gasteiger charge is -2.25. The summed E-state index contributed by atoms with van der Waals surface area (Å²) in [5.41, 5.74) is 6.11. The van der Waals surface area contributed by atoms with Gasteiger partial charge >= 0.3 is 6.16 Å². The Bertz CT molecular complexity index is 1610. The number of imide groups is 1. The zero-order valence-electron chi connectivity index (χ0n) is 29.4. The lowest BCUT2D eigenvalue weighted by molar-refractivity contribution is -0.384. The molecular weight excluding hydrogens is 694 g/mol. The van der Waals surface area contributed by atoms with E-state index in [2.05, 4.69) is 21.3 Å². The SMILES string of the molecule is CC(C)[C@H](NC(=O)CCCCCN1C(=O)C=CC1=O)C(=O)N[C@@H](CCCNC(N)O)C(=O)Nc1ccc(COC(=O)Oc2ccc([N+](=O)[O-])cc2)cc1. The van der Waals surface area contributed by atoms with Crippen molar-refractivity contribution in [1.29, 1.82) is 0 Å². The number of carbonyl (C=O) groups excluding carboxylic acids is 6.